The second-order valence-corrected chi connectivity index (χ2v) is 5.77. The number of halogens is 1. The highest BCUT2D eigenvalue weighted by Crippen LogP contribution is 2.08. The van der Waals surface area contributed by atoms with Crippen LogP contribution in [0.15, 0.2) is 35.7 Å². The van der Waals surface area contributed by atoms with Crippen molar-refractivity contribution in [1.82, 2.24) is 10.3 Å². The third-order valence-electron chi connectivity index (χ3n) is 3.07. The number of benzene rings is 1. The lowest BCUT2D eigenvalue weighted by Crippen LogP contribution is -2.25. The third kappa shape index (κ3) is 7.09. The average molecular weight is 356 g/mol. The third-order valence-corrected chi connectivity index (χ3v) is 3.94. The topological polar surface area (TPSA) is 77.2 Å². The molecule has 1 aromatic carbocycles. The molecule has 0 saturated heterocycles. The van der Waals surface area contributed by atoms with Crippen molar-refractivity contribution in [2.45, 2.75) is 26.0 Å². The van der Waals surface area contributed by atoms with Crippen LogP contribution < -0.4 is 11.1 Å². The van der Waals surface area contributed by atoms with Gasteiger partial charge in [0.2, 0.25) is 0 Å². The second kappa shape index (κ2) is 11.1. The molecule has 0 spiro atoms. The zero-order valence-electron chi connectivity index (χ0n) is 12.9. The Hall–Kier alpha value is -1.47. The van der Waals surface area contributed by atoms with Gasteiger partial charge >= 0.3 is 0 Å². The quantitative estimate of drug-likeness (QED) is 0.678. The van der Waals surface area contributed by atoms with E-state index in [-0.39, 0.29) is 18.3 Å². The highest BCUT2D eigenvalue weighted by atomic mass is 35.5. The Bertz CT molecular complexity index is 578. The number of nitrogens with zero attached hydrogens (tertiary/aromatic N) is 1. The van der Waals surface area contributed by atoms with Crippen LogP contribution in [0.2, 0.25) is 0 Å². The maximum Gasteiger partial charge on any atom is 0.270 e. The average Bonchev–Trinajstić information content (AvgIpc) is 3.04. The number of carbonyl (C=O) groups is 1. The number of amides is 1. The van der Waals surface area contributed by atoms with Gasteiger partial charge in [0.15, 0.2) is 0 Å². The molecule has 0 saturated carbocycles. The minimum Gasteiger partial charge on any atom is -0.377 e. The summed E-state index contributed by atoms with van der Waals surface area (Å²) < 4.78 is 5.59. The Morgan fingerprint density at radius 2 is 2.04 bits per heavy atom. The van der Waals surface area contributed by atoms with E-state index in [1.165, 1.54) is 16.9 Å². The van der Waals surface area contributed by atoms with Crippen LogP contribution in [-0.4, -0.2) is 24.0 Å². The molecule has 0 aliphatic heterocycles. The van der Waals surface area contributed by atoms with E-state index >= 15 is 0 Å². The van der Waals surface area contributed by atoms with E-state index in [0.717, 1.165) is 17.8 Å². The molecule has 1 heterocycles. The molecule has 126 valence electrons. The van der Waals surface area contributed by atoms with Crippen molar-refractivity contribution in [3.8, 4) is 0 Å². The smallest absolute Gasteiger partial charge is 0.270 e. The molecule has 0 aliphatic carbocycles. The summed E-state index contributed by atoms with van der Waals surface area (Å²) in [6.07, 6.45) is 1.80. The predicted octanol–water partition coefficient (Wildman–Crippen LogP) is 2.75. The summed E-state index contributed by atoms with van der Waals surface area (Å²) in [6, 6.07) is 10.1. The molecular formula is C16H22ClN3O2S. The summed E-state index contributed by atoms with van der Waals surface area (Å²) in [5.74, 6) is -0.138. The Balaban J connectivity index is 0.00000264. The summed E-state index contributed by atoms with van der Waals surface area (Å²) >= 11 is 1.41. The van der Waals surface area contributed by atoms with Crippen molar-refractivity contribution >= 4 is 29.7 Å². The summed E-state index contributed by atoms with van der Waals surface area (Å²) in [5, 5.41) is 5.37. The highest BCUT2D eigenvalue weighted by molar-refractivity contribution is 7.09. The van der Waals surface area contributed by atoms with Gasteiger partial charge in [-0.1, -0.05) is 30.3 Å². The summed E-state index contributed by atoms with van der Waals surface area (Å²) in [6.45, 7) is 2.33. The van der Waals surface area contributed by atoms with E-state index < -0.39 is 0 Å². The van der Waals surface area contributed by atoms with Crippen LogP contribution in [0.25, 0.3) is 0 Å². The monoisotopic (exact) mass is 355 g/mol. The van der Waals surface area contributed by atoms with Crippen LogP contribution in [0.3, 0.4) is 0 Å². The molecule has 0 radical (unpaired) electrons. The van der Waals surface area contributed by atoms with Gasteiger partial charge in [0.05, 0.1) is 6.61 Å². The number of hydrogen-bond acceptors (Lipinski definition) is 5. The SMILES string of the molecule is Cl.NCc1nc(C(=O)NCCCCOCc2ccccc2)cs1. The lowest BCUT2D eigenvalue weighted by atomic mass is 10.2. The number of thiazole rings is 1. The number of hydrogen-bond donors (Lipinski definition) is 2. The predicted molar refractivity (Wildman–Crippen MR) is 94.9 cm³/mol. The van der Waals surface area contributed by atoms with E-state index in [0.29, 0.717) is 32.0 Å². The van der Waals surface area contributed by atoms with Gasteiger partial charge < -0.3 is 15.8 Å². The van der Waals surface area contributed by atoms with Crippen molar-refractivity contribution in [3.05, 3.63) is 52.0 Å². The van der Waals surface area contributed by atoms with E-state index in [9.17, 15) is 4.79 Å². The van der Waals surface area contributed by atoms with Crippen LogP contribution in [0.4, 0.5) is 0 Å². The fraction of sp³-hybridized carbons (Fsp3) is 0.375. The van der Waals surface area contributed by atoms with Crippen molar-refractivity contribution < 1.29 is 9.53 Å². The summed E-state index contributed by atoms with van der Waals surface area (Å²) in [4.78, 5) is 16.0. The Morgan fingerprint density at radius 1 is 1.26 bits per heavy atom. The van der Waals surface area contributed by atoms with Gasteiger partial charge in [-0.15, -0.1) is 23.7 Å². The first-order valence-electron chi connectivity index (χ1n) is 7.34. The van der Waals surface area contributed by atoms with Crippen LogP contribution in [-0.2, 0) is 17.9 Å². The molecule has 3 N–H and O–H groups in total. The molecule has 2 aromatic rings. The maximum atomic E-state index is 11.8. The van der Waals surface area contributed by atoms with E-state index in [1.807, 2.05) is 30.3 Å². The molecule has 2 rings (SSSR count). The molecule has 5 nitrogen and oxygen atoms in total. The molecule has 0 fully saturated rings. The fourth-order valence-electron chi connectivity index (χ4n) is 1.89. The Labute approximate surface area is 146 Å². The van der Waals surface area contributed by atoms with Gasteiger partial charge in [-0.3, -0.25) is 4.79 Å². The molecule has 7 heteroatoms. The van der Waals surface area contributed by atoms with Crippen LogP contribution >= 0.6 is 23.7 Å². The van der Waals surface area contributed by atoms with Gasteiger partial charge in [-0.05, 0) is 18.4 Å². The van der Waals surface area contributed by atoms with Crippen molar-refractivity contribution in [2.24, 2.45) is 5.73 Å². The molecule has 0 bridgehead atoms. The van der Waals surface area contributed by atoms with Crippen molar-refractivity contribution in [1.29, 1.82) is 0 Å². The molecule has 1 amide bonds. The molecule has 0 aliphatic rings. The lowest BCUT2D eigenvalue weighted by molar-refractivity contribution is 0.0941. The Kier molecular flexibility index (Phi) is 9.47. The van der Waals surface area contributed by atoms with Crippen molar-refractivity contribution in [3.63, 3.8) is 0 Å². The number of rotatable bonds is 9. The summed E-state index contributed by atoms with van der Waals surface area (Å²) in [7, 11) is 0. The standard InChI is InChI=1S/C16H21N3O2S.ClH/c17-10-15-19-14(12-22-15)16(20)18-8-4-5-9-21-11-13-6-2-1-3-7-13;/h1-3,6-7,12H,4-5,8-11,17H2,(H,18,20);1H. The molecule has 0 unspecified atom stereocenters. The lowest BCUT2D eigenvalue weighted by Gasteiger charge is -2.05. The molecule has 0 atom stereocenters. The fourth-order valence-corrected chi connectivity index (χ4v) is 2.55. The van der Waals surface area contributed by atoms with Gasteiger partial charge in [0, 0.05) is 25.1 Å². The molecule has 23 heavy (non-hydrogen) atoms. The number of aromatic nitrogens is 1. The Morgan fingerprint density at radius 3 is 2.74 bits per heavy atom. The van der Waals surface area contributed by atoms with Crippen LogP contribution in [0.1, 0.15) is 33.9 Å². The largest absolute Gasteiger partial charge is 0.377 e. The summed E-state index contributed by atoms with van der Waals surface area (Å²) in [5.41, 5.74) is 7.10. The highest BCUT2D eigenvalue weighted by Gasteiger charge is 2.08. The maximum absolute atomic E-state index is 11.8. The van der Waals surface area contributed by atoms with Crippen LogP contribution in [0.5, 0.6) is 0 Å². The number of nitrogens with two attached hydrogens (primary N) is 1. The van der Waals surface area contributed by atoms with E-state index in [4.69, 9.17) is 10.5 Å². The second-order valence-electron chi connectivity index (χ2n) is 4.83. The number of carbonyl (C=O) groups excluding carboxylic acids is 1. The minimum absolute atomic E-state index is 0. The first kappa shape index (κ1) is 19.6. The van der Waals surface area contributed by atoms with Gasteiger partial charge in [-0.25, -0.2) is 4.98 Å². The minimum atomic E-state index is -0.138. The van der Waals surface area contributed by atoms with E-state index in [1.54, 1.807) is 5.38 Å². The number of unbranched alkanes of at least 4 members (excludes halogenated alkanes) is 1. The number of ether oxygens (including phenoxy) is 1. The zero-order chi connectivity index (χ0) is 15.6. The molecule has 1 aromatic heterocycles. The van der Waals surface area contributed by atoms with Crippen LogP contribution in [0, 0.1) is 0 Å². The first-order chi connectivity index (χ1) is 10.8. The molecular weight excluding hydrogens is 334 g/mol. The van der Waals surface area contributed by atoms with Gasteiger partial charge in [0.1, 0.15) is 10.7 Å². The van der Waals surface area contributed by atoms with Gasteiger partial charge in [-0.2, -0.15) is 0 Å². The van der Waals surface area contributed by atoms with Gasteiger partial charge in [0.25, 0.3) is 5.91 Å². The van der Waals surface area contributed by atoms with Crippen molar-refractivity contribution in [2.75, 3.05) is 13.2 Å². The first-order valence-corrected chi connectivity index (χ1v) is 8.22. The normalized spacial score (nSPS) is 10.1. The zero-order valence-corrected chi connectivity index (χ0v) is 14.5. The van der Waals surface area contributed by atoms with E-state index in [2.05, 4.69) is 10.3 Å². The number of nitrogens with one attached hydrogen (secondary N) is 1.